The van der Waals surface area contributed by atoms with Crippen LogP contribution in [0, 0.1) is 6.92 Å². The molecule has 3 N–H and O–H groups in total. The van der Waals surface area contributed by atoms with Crippen molar-refractivity contribution in [1.29, 1.82) is 0 Å². The quantitative estimate of drug-likeness (QED) is 0.840. The summed E-state index contributed by atoms with van der Waals surface area (Å²) >= 11 is 0. The summed E-state index contributed by atoms with van der Waals surface area (Å²) in [6, 6.07) is 5.28. The van der Waals surface area contributed by atoms with Crippen LogP contribution >= 0.6 is 0 Å². The van der Waals surface area contributed by atoms with Gasteiger partial charge in [0.15, 0.2) is 0 Å². The molecule has 0 unspecified atom stereocenters. The number of anilines is 2. The van der Waals surface area contributed by atoms with E-state index < -0.39 is 0 Å². The zero-order valence-electron chi connectivity index (χ0n) is 10.3. The lowest BCUT2D eigenvalue weighted by molar-refractivity contribution is -0.115. The predicted octanol–water partition coefficient (Wildman–Crippen LogP) is 0.887. The highest BCUT2D eigenvalue weighted by molar-refractivity contribution is 5.91. The molecule has 2 aromatic rings. The van der Waals surface area contributed by atoms with E-state index in [1.807, 2.05) is 13.0 Å². The summed E-state index contributed by atoms with van der Waals surface area (Å²) in [6.07, 6.45) is 1.75. The highest BCUT2D eigenvalue weighted by atomic mass is 16.1. The molecule has 0 saturated carbocycles. The molecule has 6 nitrogen and oxygen atoms in total. The third-order valence-electron chi connectivity index (χ3n) is 2.46. The number of rotatable bonds is 3. The molecule has 0 bridgehead atoms. The number of nitrogen functional groups attached to an aromatic ring is 1. The number of carbonyl (C=O) groups excluding carboxylic acids is 1. The largest absolute Gasteiger partial charge is 0.397 e. The van der Waals surface area contributed by atoms with Gasteiger partial charge in [-0.15, -0.1) is 0 Å². The van der Waals surface area contributed by atoms with Crippen molar-refractivity contribution in [3.63, 3.8) is 0 Å². The van der Waals surface area contributed by atoms with Gasteiger partial charge in [0.05, 0.1) is 24.0 Å². The first kappa shape index (κ1) is 12.1. The van der Waals surface area contributed by atoms with Crippen LogP contribution in [0.1, 0.15) is 11.4 Å². The summed E-state index contributed by atoms with van der Waals surface area (Å²) in [5.74, 6) is 0.545. The fourth-order valence-electron chi connectivity index (χ4n) is 1.62. The number of nitrogens with two attached hydrogens (primary N) is 1. The first-order valence-corrected chi connectivity index (χ1v) is 5.55. The van der Waals surface area contributed by atoms with Crippen LogP contribution in [0.15, 0.2) is 24.4 Å². The van der Waals surface area contributed by atoms with E-state index in [9.17, 15) is 4.79 Å². The molecule has 1 amide bonds. The lowest BCUT2D eigenvalue weighted by atomic mass is 10.2. The molecule has 0 atom stereocenters. The van der Waals surface area contributed by atoms with Crippen LogP contribution in [0.4, 0.5) is 11.5 Å². The number of carbonyl (C=O) groups is 1. The van der Waals surface area contributed by atoms with Crippen molar-refractivity contribution in [3.8, 4) is 0 Å². The Morgan fingerprint density at radius 1 is 1.50 bits per heavy atom. The molecule has 6 heteroatoms. The predicted molar refractivity (Wildman–Crippen MR) is 68.9 cm³/mol. The Labute approximate surface area is 105 Å². The zero-order chi connectivity index (χ0) is 13.1. The minimum absolute atomic E-state index is 0.129. The molecule has 2 aromatic heterocycles. The van der Waals surface area contributed by atoms with Crippen molar-refractivity contribution in [2.45, 2.75) is 13.3 Å². The highest BCUT2D eigenvalue weighted by Gasteiger charge is 2.08. The minimum Gasteiger partial charge on any atom is -0.397 e. The van der Waals surface area contributed by atoms with E-state index in [1.54, 1.807) is 23.9 Å². The van der Waals surface area contributed by atoms with Crippen molar-refractivity contribution < 1.29 is 4.79 Å². The smallest absolute Gasteiger partial charge is 0.231 e. The molecule has 94 valence electrons. The Bertz CT molecular complexity index is 558. The third kappa shape index (κ3) is 2.85. The molecule has 0 aliphatic heterocycles. The molecule has 2 heterocycles. The van der Waals surface area contributed by atoms with Gasteiger partial charge in [-0.3, -0.25) is 14.5 Å². The van der Waals surface area contributed by atoms with Gasteiger partial charge in [0.25, 0.3) is 0 Å². The number of hydrogen-bond acceptors (Lipinski definition) is 4. The van der Waals surface area contributed by atoms with E-state index in [4.69, 9.17) is 5.73 Å². The lowest BCUT2D eigenvalue weighted by Gasteiger charge is -2.04. The van der Waals surface area contributed by atoms with Crippen LogP contribution in [-0.2, 0) is 18.3 Å². The van der Waals surface area contributed by atoms with Crippen molar-refractivity contribution >= 4 is 17.4 Å². The third-order valence-corrected chi connectivity index (χ3v) is 2.46. The van der Waals surface area contributed by atoms with Gasteiger partial charge in [-0.05, 0) is 19.1 Å². The van der Waals surface area contributed by atoms with Crippen molar-refractivity contribution in [2.75, 3.05) is 11.1 Å². The minimum atomic E-state index is -0.129. The molecule has 0 saturated heterocycles. The average Bonchev–Trinajstić information content (AvgIpc) is 2.61. The van der Waals surface area contributed by atoms with Crippen molar-refractivity contribution in [3.05, 3.63) is 35.8 Å². The SMILES string of the molecule is Cc1cc(NC(=O)Cc2ccc(N)cn2)n(C)n1. The van der Waals surface area contributed by atoms with Crippen LogP contribution in [0.3, 0.4) is 0 Å². The van der Waals surface area contributed by atoms with Gasteiger partial charge in [0.1, 0.15) is 5.82 Å². The molecular weight excluding hydrogens is 230 g/mol. The number of aryl methyl sites for hydroxylation is 2. The molecule has 18 heavy (non-hydrogen) atoms. The number of pyridine rings is 1. The summed E-state index contributed by atoms with van der Waals surface area (Å²) in [6.45, 7) is 1.87. The summed E-state index contributed by atoms with van der Waals surface area (Å²) in [7, 11) is 1.78. The Balaban J connectivity index is 2.01. The fourth-order valence-corrected chi connectivity index (χ4v) is 1.62. The maximum Gasteiger partial charge on any atom is 0.231 e. The maximum absolute atomic E-state index is 11.8. The van der Waals surface area contributed by atoms with E-state index in [0.29, 0.717) is 17.2 Å². The van der Waals surface area contributed by atoms with E-state index in [-0.39, 0.29) is 12.3 Å². The van der Waals surface area contributed by atoms with Gasteiger partial charge in [0.2, 0.25) is 5.91 Å². The summed E-state index contributed by atoms with van der Waals surface area (Å²) in [5.41, 5.74) is 7.65. The van der Waals surface area contributed by atoms with Gasteiger partial charge < -0.3 is 11.1 Å². The fraction of sp³-hybridized carbons (Fsp3) is 0.250. The molecule has 0 fully saturated rings. The average molecular weight is 245 g/mol. The van der Waals surface area contributed by atoms with Gasteiger partial charge >= 0.3 is 0 Å². The molecule has 0 aliphatic rings. The van der Waals surface area contributed by atoms with E-state index in [2.05, 4.69) is 15.4 Å². The topological polar surface area (TPSA) is 85.8 Å². The Hall–Kier alpha value is -2.37. The second-order valence-corrected chi connectivity index (χ2v) is 4.10. The first-order chi connectivity index (χ1) is 8.54. The second-order valence-electron chi connectivity index (χ2n) is 4.10. The van der Waals surface area contributed by atoms with Gasteiger partial charge in [-0.2, -0.15) is 5.10 Å². The zero-order valence-corrected chi connectivity index (χ0v) is 10.3. The molecule has 0 aliphatic carbocycles. The van der Waals surface area contributed by atoms with Gasteiger partial charge in [-0.1, -0.05) is 0 Å². The number of hydrogen-bond donors (Lipinski definition) is 2. The molecule has 0 aromatic carbocycles. The van der Waals surface area contributed by atoms with E-state index >= 15 is 0 Å². The molecule has 0 radical (unpaired) electrons. The van der Waals surface area contributed by atoms with Crippen molar-refractivity contribution in [1.82, 2.24) is 14.8 Å². The lowest BCUT2D eigenvalue weighted by Crippen LogP contribution is -2.17. The number of aromatic nitrogens is 3. The molecular formula is C12H15N5O. The van der Waals surface area contributed by atoms with Crippen LogP contribution in [0.25, 0.3) is 0 Å². The first-order valence-electron chi connectivity index (χ1n) is 5.55. The summed E-state index contributed by atoms with van der Waals surface area (Å²) in [5, 5.41) is 6.94. The Kier molecular flexibility index (Phi) is 3.27. The van der Waals surface area contributed by atoms with Crippen LogP contribution < -0.4 is 11.1 Å². The number of nitrogens with one attached hydrogen (secondary N) is 1. The molecule has 2 rings (SSSR count). The summed E-state index contributed by atoms with van der Waals surface area (Å²) in [4.78, 5) is 15.9. The Morgan fingerprint density at radius 3 is 2.83 bits per heavy atom. The van der Waals surface area contributed by atoms with Crippen LogP contribution in [0.5, 0.6) is 0 Å². The monoisotopic (exact) mass is 245 g/mol. The standard InChI is InChI=1S/C12H15N5O/c1-8-5-11(17(2)16-8)15-12(18)6-10-4-3-9(13)7-14-10/h3-5,7H,6,13H2,1-2H3,(H,15,18). The van der Waals surface area contributed by atoms with E-state index in [0.717, 1.165) is 5.69 Å². The maximum atomic E-state index is 11.8. The number of nitrogens with zero attached hydrogens (tertiary/aromatic N) is 3. The Morgan fingerprint density at radius 2 is 2.28 bits per heavy atom. The normalized spacial score (nSPS) is 10.3. The van der Waals surface area contributed by atoms with Gasteiger partial charge in [0, 0.05) is 18.8 Å². The van der Waals surface area contributed by atoms with Gasteiger partial charge in [-0.25, -0.2) is 0 Å². The van der Waals surface area contributed by atoms with E-state index in [1.165, 1.54) is 6.20 Å². The second kappa shape index (κ2) is 4.87. The molecule has 0 spiro atoms. The number of amides is 1. The highest BCUT2D eigenvalue weighted by Crippen LogP contribution is 2.09. The van der Waals surface area contributed by atoms with Crippen LogP contribution in [0.2, 0.25) is 0 Å². The van der Waals surface area contributed by atoms with Crippen molar-refractivity contribution in [2.24, 2.45) is 7.05 Å². The summed E-state index contributed by atoms with van der Waals surface area (Å²) < 4.78 is 1.63. The van der Waals surface area contributed by atoms with Crippen LogP contribution in [-0.4, -0.2) is 20.7 Å².